The van der Waals surface area contributed by atoms with Crippen molar-refractivity contribution in [1.29, 1.82) is 0 Å². The second kappa shape index (κ2) is 12.6. The number of hydrogen-bond donors (Lipinski definition) is 2. The summed E-state index contributed by atoms with van der Waals surface area (Å²) in [6.07, 6.45) is 7.41. The number of nitrogens with one attached hydrogen (secondary N) is 1. The molecule has 1 aliphatic rings. The second-order valence-electron chi connectivity index (χ2n) is 11.4. The number of fused-ring (bicyclic) bond motifs is 2. The molecule has 43 heavy (non-hydrogen) atoms. The highest BCUT2D eigenvalue weighted by Gasteiger charge is 2.22. The van der Waals surface area contributed by atoms with Gasteiger partial charge in [0, 0.05) is 29.4 Å². The van der Waals surface area contributed by atoms with Gasteiger partial charge in [0.2, 0.25) is 0 Å². The fraction of sp³-hybridized carbons (Fsp3) is 0.243. The van der Waals surface area contributed by atoms with Crippen molar-refractivity contribution in [1.82, 2.24) is 9.88 Å². The van der Waals surface area contributed by atoms with Crippen LogP contribution < -0.4 is 4.74 Å². The number of likely N-dealkylation sites (tertiary alicyclic amines) is 1. The molecule has 0 radical (unpaired) electrons. The Hall–Kier alpha value is -4.84. The quantitative estimate of drug-likeness (QED) is 0.138. The summed E-state index contributed by atoms with van der Waals surface area (Å²) >= 11 is 0. The normalized spacial score (nSPS) is 15.4. The van der Waals surface area contributed by atoms with Crippen LogP contribution in [-0.4, -0.2) is 46.6 Å². The lowest BCUT2D eigenvalue weighted by Crippen LogP contribution is -2.39. The summed E-state index contributed by atoms with van der Waals surface area (Å²) in [5, 5.41) is 13.1. The van der Waals surface area contributed by atoms with Gasteiger partial charge in [-0.15, -0.1) is 0 Å². The zero-order valence-electron chi connectivity index (χ0n) is 24.4. The largest absolute Gasteiger partial charge is 0.493 e. The fourth-order valence-electron chi connectivity index (χ4n) is 6.15. The van der Waals surface area contributed by atoms with Crippen LogP contribution in [-0.2, 0) is 6.42 Å². The summed E-state index contributed by atoms with van der Waals surface area (Å²) in [7, 11) is 0. The van der Waals surface area contributed by atoms with Crippen molar-refractivity contribution in [3.05, 3.63) is 113 Å². The Morgan fingerprint density at radius 3 is 2.63 bits per heavy atom. The van der Waals surface area contributed by atoms with Crippen LogP contribution in [0, 0.1) is 5.92 Å². The highest BCUT2D eigenvalue weighted by Crippen LogP contribution is 2.29. The predicted octanol–water partition coefficient (Wildman–Crippen LogP) is 8.07. The van der Waals surface area contributed by atoms with Gasteiger partial charge in [0.15, 0.2) is 0 Å². The van der Waals surface area contributed by atoms with Crippen LogP contribution in [0.3, 0.4) is 0 Å². The number of aryl methyl sites for hydroxylation is 1. The maximum atomic E-state index is 13.1. The number of carbonyl (C=O) groups excluding carboxylic acids is 1. The molecule has 1 amide bonds. The van der Waals surface area contributed by atoms with Gasteiger partial charge < -0.3 is 19.7 Å². The lowest BCUT2D eigenvalue weighted by Gasteiger charge is -2.31. The van der Waals surface area contributed by atoms with Crippen LogP contribution in [0.4, 0.5) is 0 Å². The van der Waals surface area contributed by atoms with Gasteiger partial charge in [-0.3, -0.25) is 4.79 Å². The third kappa shape index (κ3) is 6.19. The number of benzene rings is 4. The molecule has 2 N–H and O–H groups in total. The Morgan fingerprint density at radius 2 is 1.77 bits per heavy atom. The van der Waals surface area contributed by atoms with E-state index >= 15 is 0 Å². The van der Waals surface area contributed by atoms with Crippen LogP contribution in [0.2, 0.25) is 0 Å². The van der Waals surface area contributed by atoms with Gasteiger partial charge in [-0.25, -0.2) is 4.79 Å². The summed E-state index contributed by atoms with van der Waals surface area (Å²) in [6.45, 7) is 4.28. The number of carboxylic acids is 1. The van der Waals surface area contributed by atoms with Gasteiger partial charge in [0.25, 0.3) is 5.91 Å². The SMILES string of the molecule is CC1CCCN(C(=O)c2cccc(C=Cc3cccc4c(CCCOc5cccc6ccccc56)c(C(=O)O)[nH]c34)c2)C1. The van der Waals surface area contributed by atoms with Crippen LogP contribution in [0.25, 0.3) is 33.8 Å². The number of aromatic amines is 1. The van der Waals surface area contributed by atoms with Gasteiger partial charge >= 0.3 is 5.97 Å². The Bertz CT molecular complexity index is 1810. The van der Waals surface area contributed by atoms with E-state index in [2.05, 4.69) is 24.0 Å². The Morgan fingerprint density at radius 1 is 0.977 bits per heavy atom. The average Bonchev–Trinajstić information content (AvgIpc) is 3.41. The average molecular weight is 573 g/mol. The first kappa shape index (κ1) is 28.3. The number of carbonyl (C=O) groups is 2. The number of aromatic carboxylic acids is 1. The van der Waals surface area contributed by atoms with Crippen molar-refractivity contribution in [2.75, 3.05) is 19.7 Å². The standard InChI is InChI=1S/C37H36N2O4/c1-25-9-7-21-39(24-25)36(40)29-14-4-10-26(23-29)19-20-28-13-5-16-31-32(35(37(41)42)38-34(28)31)17-8-22-43-33-18-6-12-27-11-2-3-15-30(27)33/h2-6,10-16,18-20,23,25,38H,7-9,17,21-22,24H2,1H3,(H,41,42). The van der Waals surface area contributed by atoms with Crippen LogP contribution >= 0.6 is 0 Å². The molecule has 0 saturated carbocycles. The van der Waals surface area contributed by atoms with E-state index in [0.717, 1.165) is 63.6 Å². The maximum absolute atomic E-state index is 13.1. The second-order valence-corrected chi connectivity index (χ2v) is 11.4. The minimum Gasteiger partial charge on any atom is -0.493 e. The molecule has 1 atom stereocenters. The van der Waals surface area contributed by atoms with Gasteiger partial charge in [0.1, 0.15) is 11.4 Å². The third-order valence-corrected chi connectivity index (χ3v) is 8.30. The number of carboxylic acid groups (broad SMARTS) is 1. The monoisotopic (exact) mass is 572 g/mol. The van der Waals surface area contributed by atoms with Gasteiger partial charge in [-0.05, 0) is 71.9 Å². The third-order valence-electron chi connectivity index (χ3n) is 8.30. The van der Waals surface area contributed by atoms with Gasteiger partial charge in [-0.1, -0.05) is 85.8 Å². The minimum atomic E-state index is -0.977. The van der Waals surface area contributed by atoms with E-state index in [1.54, 1.807) is 0 Å². The number of nitrogens with zero attached hydrogens (tertiary/aromatic N) is 1. The summed E-state index contributed by atoms with van der Waals surface area (Å²) in [4.78, 5) is 30.5. The number of rotatable bonds is 9. The smallest absolute Gasteiger partial charge is 0.352 e. The number of para-hydroxylation sites is 1. The van der Waals surface area contributed by atoms with E-state index in [-0.39, 0.29) is 11.6 Å². The van der Waals surface area contributed by atoms with Crippen LogP contribution in [0.15, 0.2) is 84.9 Å². The summed E-state index contributed by atoms with van der Waals surface area (Å²) < 4.78 is 6.12. The van der Waals surface area contributed by atoms with Gasteiger partial charge in [0.05, 0.1) is 12.1 Å². The predicted molar refractivity (Wildman–Crippen MR) is 173 cm³/mol. The van der Waals surface area contributed by atoms with Crippen molar-refractivity contribution in [3.63, 3.8) is 0 Å². The molecule has 1 aromatic heterocycles. The first-order chi connectivity index (χ1) is 21.0. The lowest BCUT2D eigenvalue weighted by atomic mass is 9.99. The first-order valence-electron chi connectivity index (χ1n) is 15.0. The van der Waals surface area contributed by atoms with Crippen molar-refractivity contribution in [2.45, 2.75) is 32.6 Å². The molecule has 218 valence electrons. The van der Waals surface area contributed by atoms with Crippen molar-refractivity contribution >= 4 is 45.7 Å². The van der Waals surface area contributed by atoms with E-state index in [9.17, 15) is 14.7 Å². The van der Waals surface area contributed by atoms with E-state index in [1.165, 1.54) is 6.42 Å². The molecule has 2 heterocycles. The Labute approximate surface area is 251 Å². The molecule has 1 fully saturated rings. The molecule has 4 aromatic carbocycles. The number of piperidine rings is 1. The molecule has 1 aliphatic heterocycles. The summed E-state index contributed by atoms with van der Waals surface area (Å²) in [6, 6.07) is 27.7. The molecule has 6 nitrogen and oxygen atoms in total. The Kier molecular flexibility index (Phi) is 8.27. The summed E-state index contributed by atoms with van der Waals surface area (Å²) in [5.41, 5.74) is 4.28. The topological polar surface area (TPSA) is 82.6 Å². The minimum absolute atomic E-state index is 0.0773. The number of amides is 1. The molecule has 0 bridgehead atoms. The van der Waals surface area contributed by atoms with Crippen molar-refractivity contribution < 1.29 is 19.4 Å². The summed E-state index contributed by atoms with van der Waals surface area (Å²) in [5.74, 6) is 0.460. The van der Waals surface area contributed by atoms with Crippen LogP contribution in [0.1, 0.15) is 63.7 Å². The maximum Gasteiger partial charge on any atom is 0.352 e. The number of ether oxygens (including phenoxy) is 1. The van der Waals surface area contributed by atoms with Gasteiger partial charge in [-0.2, -0.15) is 0 Å². The molecule has 1 unspecified atom stereocenters. The van der Waals surface area contributed by atoms with E-state index in [0.29, 0.717) is 30.9 Å². The molecule has 6 heteroatoms. The molecular formula is C37H36N2O4. The molecule has 1 saturated heterocycles. The highest BCUT2D eigenvalue weighted by atomic mass is 16.5. The van der Waals surface area contributed by atoms with Crippen molar-refractivity contribution in [3.8, 4) is 5.75 Å². The Balaban J connectivity index is 1.19. The van der Waals surface area contributed by atoms with E-state index in [1.807, 2.05) is 89.8 Å². The first-order valence-corrected chi connectivity index (χ1v) is 15.0. The molecule has 5 aromatic rings. The molecule has 0 spiro atoms. The lowest BCUT2D eigenvalue weighted by molar-refractivity contribution is 0.0677. The molecule has 0 aliphatic carbocycles. The highest BCUT2D eigenvalue weighted by molar-refractivity contribution is 6.01. The number of hydrogen-bond acceptors (Lipinski definition) is 3. The zero-order valence-corrected chi connectivity index (χ0v) is 24.4. The van der Waals surface area contributed by atoms with E-state index < -0.39 is 5.97 Å². The van der Waals surface area contributed by atoms with Crippen molar-refractivity contribution in [2.24, 2.45) is 5.92 Å². The number of H-pyrrole nitrogens is 1. The molecule has 6 rings (SSSR count). The fourth-order valence-corrected chi connectivity index (χ4v) is 6.15. The zero-order chi connectivity index (χ0) is 29.8. The molecular weight excluding hydrogens is 536 g/mol. The number of aromatic nitrogens is 1. The van der Waals surface area contributed by atoms with E-state index in [4.69, 9.17) is 4.74 Å². The van der Waals surface area contributed by atoms with Crippen LogP contribution in [0.5, 0.6) is 5.75 Å².